The molecule has 4 aromatic rings. The SMILES string of the molecule is O=C(NCCN1CCN(c2ccccc2)CC1)c1ccccc1Nc1ncnc2ccccc12. The summed E-state index contributed by atoms with van der Waals surface area (Å²) in [5, 5.41) is 7.33. The molecule has 1 aliphatic heterocycles. The van der Waals surface area contributed by atoms with Crippen molar-refractivity contribution >= 4 is 34.0 Å². The number of benzene rings is 3. The fraction of sp³-hybridized carbons (Fsp3) is 0.222. The highest BCUT2D eigenvalue weighted by Crippen LogP contribution is 2.25. The summed E-state index contributed by atoms with van der Waals surface area (Å²) in [7, 11) is 0. The molecule has 1 amide bonds. The predicted octanol–water partition coefficient (Wildman–Crippen LogP) is 3.93. The molecule has 1 saturated heterocycles. The molecule has 0 bridgehead atoms. The molecular formula is C27H28N6O. The molecule has 0 aliphatic carbocycles. The average molecular weight is 453 g/mol. The third kappa shape index (κ3) is 5.00. The van der Waals surface area contributed by atoms with Crippen LogP contribution in [0.4, 0.5) is 17.2 Å². The monoisotopic (exact) mass is 452 g/mol. The lowest BCUT2D eigenvalue weighted by Gasteiger charge is -2.36. The molecule has 7 nitrogen and oxygen atoms in total. The van der Waals surface area contributed by atoms with Crippen LogP contribution in [0.15, 0.2) is 85.2 Å². The maximum absolute atomic E-state index is 13.0. The number of aromatic nitrogens is 2. The summed E-state index contributed by atoms with van der Waals surface area (Å²) in [4.78, 5) is 26.5. The lowest BCUT2D eigenvalue weighted by molar-refractivity contribution is 0.0948. The number of carbonyl (C=O) groups is 1. The zero-order valence-corrected chi connectivity index (χ0v) is 19.0. The van der Waals surface area contributed by atoms with Gasteiger partial charge >= 0.3 is 0 Å². The zero-order valence-electron chi connectivity index (χ0n) is 19.0. The van der Waals surface area contributed by atoms with Gasteiger partial charge in [-0.25, -0.2) is 9.97 Å². The Balaban J connectivity index is 1.17. The largest absolute Gasteiger partial charge is 0.369 e. The second-order valence-electron chi connectivity index (χ2n) is 8.33. The molecule has 34 heavy (non-hydrogen) atoms. The van der Waals surface area contributed by atoms with Crippen molar-refractivity contribution < 1.29 is 4.79 Å². The summed E-state index contributed by atoms with van der Waals surface area (Å²) < 4.78 is 0. The number of carbonyl (C=O) groups excluding carboxylic acids is 1. The topological polar surface area (TPSA) is 73.4 Å². The van der Waals surface area contributed by atoms with Crippen molar-refractivity contribution in [2.45, 2.75) is 0 Å². The van der Waals surface area contributed by atoms with E-state index in [1.54, 1.807) is 0 Å². The molecule has 0 unspecified atom stereocenters. The van der Waals surface area contributed by atoms with E-state index in [9.17, 15) is 4.79 Å². The van der Waals surface area contributed by atoms with Crippen molar-refractivity contribution in [3.63, 3.8) is 0 Å². The van der Waals surface area contributed by atoms with E-state index in [2.05, 4.69) is 54.7 Å². The molecule has 1 aliphatic rings. The van der Waals surface area contributed by atoms with Crippen molar-refractivity contribution in [2.24, 2.45) is 0 Å². The van der Waals surface area contributed by atoms with E-state index in [0.29, 0.717) is 17.9 Å². The first-order valence-electron chi connectivity index (χ1n) is 11.6. The lowest BCUT2D eigenvalue weighted by Crippen LogP contribution is -2.48. The van der Waals surface area contributed by atoms with Crippen LogP contribution in [-0.2, 0) is 0 Å². The summed E-state index contributed by atoms with van der Waals surface area (Å²) in [6.45, 7) is 5.41. The minimum Gasteiger partial charge on any atom is -0.369 e. The molecule has 5 rings (SSSR count). The van der Waals surface area contributed by atoms with Gasteiger partial charge in [0.25, 0.3) is 5.91 Å². The Kier molecular flexibility index (Phi) is 6.63. The van der Waals surface area contributed by atoms with Crippen molar-refractivity contribution in [3.05, 3.63) is 90.8 Å². The van der Waals surface area contributed by atoms with E-state index in [4.69, 9.17) is 0 Å². The number of nitrogens with one attached hydrogen (secondary N) is 2. The first kappa shape index (κ1) is 21.9. The summed E-state index contributed by atoms with van der Waals surface area (Å²) in [6, 6.07) is 25.9. The van der Waals surface area contributed by atoms with Crippen LogP contribution in [0.25, 0.3) is 10.9 Å². The van der Waals surface area contributed by atoms with Gasteiger partial charge in [-0.2, -0.15) is 0 Å². The molecule has 2 heterocycles. The van der Waals surface area contributed by atoms with Gasteiger partial charge in [-0.15, -0.1) is 0 Å². The Morgan fingerprint density at radius 2 is 1.56 bits per heavy atom. The third-order valence-electron chi connectivity index (χ3n) is 6.17. The number of anilines is 3. The van der Waals surface area contributed by atoms with Crippen LogP contribution in [0.2, 0.25) is 0 Å². The summed E-state index contributed by atoms with van der Waals surface area (Å²) in [6.07, 6.45) is 1.53. The zero-order chi connectivity index (χ0) is 23.2. The standard InChI is InChI=1S/C27H28N6O/c34-27(28-14-15-32-16-18-33(19-17-32)21-8-2-1-3-9-21)23-11-5-7-13-25(23)31-26-22-10-4-6-12-24(22)29-20-30-26/h1-13,20H,14-19H2,(H,28,34)(H,29,30,31). The van der Waals surface area contributed by atoms with Crippen LogP contribution in [0.3, 0.4) is 0 Å². The molecule has 0 radical (unpaired) electrons. The number of rotatable bonds is 7. The van der Waals surface area contributed by atoms with Crippen LogP contribution in [0, 0.1) is 0 Å². The number of nitrogens with zero attached hydrogens (tertiary/aromatic N) is 4. The van der Waals surface area contributed by atoms with Gasteiger partial charge in [-0.05, 0) is 36.4 Å². The Bertz CT molecular complexity index is 1250. The van der Waals surface area contributed by atoms with E-state index < -0.39 is 0 Å². The third-order valence-corrected chi connectivity index (χ3v) is 6.17. The van der Waals surface area contributed by atoms with E-state index in [-0.39, 0.29) is 5.91 Å². The highest BCUT2D eigenvalue weighted by molar-refractivity contribution is 6.01. The van der Waals surface area contributed by atoms with Gasteiger partial charge in [-0.3, -0.25) is 9.69 Å². The number of para-hydroxylation sites is 3. The minimum absolute atomic E-state index is 0.0932. The van der Waals surface area contributed by atoms with Crippen molar-refractivity contribution in [1.82, 2.24) is 20.2 Å². The molecule has 1 aromatic heterocycles. The van der Waals surface area contributed by atoms with Gasteiger partial charge in [0.2, 0.25) is 0 Å². The fourth-order valence-electron chi connectivity index (χ4n) is 4.31. The van der Waals surface area contributed by atoms with Crippen molar-refractivity contribution in [3.8, 4) is 0 Å². The number of hydrogen-bond acceptors (Lipinski definition) is 6. The summed E-state index contributed by atoms with van der Waals surface area (Å²) in [5.41, 5.74) is 3.45. The Hall–Kier alpha value is -3.97. The Labute approximate surface area is 199 Å². The second-order valence-corrected chi connectivity index (χ2v) is 8.33. The van der Waals surface area contributed by atoms with Gasteiger partial charge in [-0.1, -0.05) is 42.5 Å². The van der Waals surface area contributed by atoms with Crippen molar-refractivity contribution in [1.29, 1.82) is 0 Å². The molecule has 3 aromatic carbocycles. The Morgan fingerprint density at radius 3 is 2.41 bits per heavy atom. The smallest absolute Gasteiger partial charge is 0.253 e. The molecule has 2 N–H and O–H groups in total. The van der Waals surface area contributed by atoms with Gasteiger partial charge in [0, 0.05) is 50.3 Å². The van der Waals surface area contributed by atoms with Gasteiger partial charge in [0.15, 0.2) is 0 Å². The quantitative estimate of drug-likeness (QED) is 0.443. The number of hydrogen-bond donors (Lipinski definition) is 2. The average Bonchev–Trinajstić information content (AvgIpc) is 2.90. The highest BCUT2D eigenvalue weighted by Gasteiger charge is 2.18. The normalized spacial score (nSPS) is 14.2. The van der Waals surface area contributed by atoms with E-state index in [1.807, 2.05) is 54.6 Å². The number of piperazine rings is 1. The highest BCUT2D eigenvalue weighted by atomic mass is 16.1. The van der Waals surface area contributed by atoms with Gasteiger partial charge in [0.05, 0.1) is 16.8 Å². The first-order chi connectivity index (χ1) is 16.8. The number of amides is 1. The molecule has 1 fully saturated rings. The van der Waals surface area contributed by atoms with Crippen LogP contribution in [0.1, 0.15) is 10.4 Å². The predicted molar refractivity (Wildman–Crippen MR) is 137 cm³/mol. The van der Waals surface area contributed by atoms with Crippen LogP contribution in [0.5, 0.6) is 0 Å². The van der Waals surface area contributed by atoms with E-state index >= 15 is 0 Å². The molecular weight excluding hydrogens is 424 g/mol. The molecule has 0 atom stereocenters. The molecule has 0 saturated carbocycles. The second kappa shape index (κ2) is 10.3. The first-order valence-corrected chi connectivity index (χ1v) is 11.6. The van der Waals surface area contributed by atoms with Gasteiger partial charge in [0.1, 0.15) is 12.1 Å². The van der Waals surface area contributed by atoms with E-state index in [1.165, 1.54) is 12.0 Å². The van der Waals surface area contributed by atoms with Crippen LogP contribution < -0.4 is 15.5 Å². The lowest BCUT2D eigenvalue weighted by atomic mass is 10.1. The molecule has 172 valence electrons. The Morgan fingerprint density at radius 1 is 0.824 bits per heavy atom. The fourth-order valence-corrected chi connectivity index (χ4v) is 4.31. The van der Waals surface area contributed by atoms with E-state index in [0.717, 1.165) is 49.3 Å². The maximum Gasteiger partial charge on any atom is 0.253 e. The molecule has 7 heteroatoms. The maximum atomic E-state index is 13.0. The van der Waals surface area contributed by atoms with Crippen LogP contribution in [-0.4, -0.2) is 60.0 Å². The summed E-state index contributed by atoms with van der Waals surface area (Å²) >= 11 is 0. The molecule has 0 spiro atoms. The number of fused-ring (bicyclic) bond motifs is 1. The van der Waals surface area contributed by atoms with Crippen LogP contribution >= 0.6 is 0 Å². The van der Waals surface area contributed by atoms with Crippen molar-refractivity contribution in [2.75, 3.05) is 49.5 Å². The van der Waals surface area contributed by atoms with Gasteiger partial charge < -0.3 is 15.5 Å². The minimum atomic E-state index is -0.0932. The summed E-state index contributed by atoms with van der Waals surface area (Å²) in [5.74, 6) is 0.589.